The molecule has 0 saturated heterocycles. The average Bonchev–Trinajstić information content (AvgIpc) is 3.14. The van der Waals surface area contributed by atoms with E-state index in [1.54, 1.807) is 0 Å². The molecule has 1 aliphatic rings. The lowest BCUT2D eigenvalue weighted by Crippen LogP contribution is -1.98. The van der Waals surface area contributed by atoms with E-state index in [1.165, 1.54) is 33.4 Å². The highest BCUT2D eigenvalue weighted by Crippen LogP contribution is 2.35. The molecule has 0 unspecified atom stereocenters. The van der Waals surface area contributed by atoms with Crippen molar-refractivity contribution in [1.82, 2.24) is 0 Å². The van der Waals surface area contributed by atoms with Crippen LogP contribution in [0.3, 0.4) is 0 Å². The first kappa shape index (κ1) is 38.0. The topological polar surface area (TPSA) is 0 Å². The van der Waals surface area contributed by atoms with E-state index in [2.05, 4.69) is 149 Å². The highest BCUT2D eigenvalue weighted by Gasteiger charge is 2.14. The smallest absolute Gasteiger partial charge is 0.00258 e. The van der Waals surface area contributed by atoms with Gasteiger partial charge in [0.2, 0.25) is 0 Å². The number of hydrogen-bond donors (Lipinski definition) is 0. The molecule has 0 spiro atoms. The zero-order valence-electron chi connectivity index (χ0n) is 29.0. The summed E-state index contributed by atoms with van der Waals surface area (Å²) >= 11 is 0. The summed E-state index contributed by atoms with van der Waals surface area (Å²) in [5.41, 5.74) is 13.3. The van der Waals surface area contributed by atoms with Gasteiger partial charge in [0.15, 0.2) is 0 Å². The summed E-state index contributed by atoms with van der Waals surface area (Å²) in [5.74, 6) is 0. The molecule has 0 fully saturated rings. The van der Waals surface area contributed by atoms with Gasteiger partial charge in [-0.1, -0.05) is 173 Å². The van der Waals surface area contributed by atoms with Crippen molar-refractivity contribution in [2.24, 2.45) is 0 Å². The predicted octanol–water partition coefficient (Wildman–Crippen LogP) is 13.9. The van der Waals surface area contributed by atoms with Gasteiger partial charge in [-0.3, -0.25) is 0 Å². The van der Waals surface area contributed by atoms with Crippen molar-refractivity contribution < 1.29 is 0 Å². The largest absolute Gasteiger partial charge is 0.106 e. The third-order valence-electron chi connectivity index (χ3n) is 7.59. The van der Waals surface area contributed by atoms with Crippen LogP contribution in [0.1, 0.15) is 83.7 Å². The van der Waals surface area contributed by atoms with Crippen LogP contribution in [0.4, 0.5) is 0 Å². The van der Waals surface area contributed by atoms with Crippen LogP contribution in [-0.4, -0.2) is 0 Å². The van der Waals surface area contributed by atoms with Crippen LogP contribution in [-0.2, 0) is 6.42 Å². The maximum Gasteiger partial charge on any atom is -0.00258 e. The number of hydrogen-bond acceptors (Lipinski definition) is 0. The Morgan fingerprint density at radius 1 is 0.702 bits per heavy atom. The van der Waals surface area contributed by atoms with E-state index in [-0.39, 0.29) is 0 Å². The van der Waals surface area contributed by atoms with Crippen molar-refractivity contribution in [2.45, 2.75) is 47.0 Å². The third kappa shape index (κ3) is 11.3. The lowest BCUT2D eigenvalue weighted by molar-refractivity contribution is 0.997. The molecule has 1 aliphatic carbocycles. The quantitative estimate of drug-likeness (QED) is 0.130. The van der Waals surface area contributed by atoms with E-state index < -0.39 is 0 Å². The van der Waals surface area contributed by atoms with Gasteiger partial charge < -0.3 is 0 Å². The maximum atomic E-state index is 4.14. The van der Waals surface area contributed by atoms with Crippen LogP contribution in [0.15, 0.2) is 154 Å². The van der Waals surface area contributed by atoms with Gasteiger partial charge in [-0.25, -0.2) is 0 Å². The fourth-order valence-electron chi connectivity index (χ4n) is 5.40. The molecule has 4 aromatic carbocycles. The molecule has 5 rings (SSSR count). The Labute approximate surface area is 285 Å². The van der Waals surface area contributed by atoms with E-state index in [4.69, 9.17) is 0 Å². The fourth-order valence-corrected chi connectivity index (χ4v) is 5.40. The van der Waals surface area contributed by atoms with Crippen molar-refractivity contribution in [2.75, 3.05) is 0 Å². The Hall–Kier alpha value is -5.20. The molecule has 0 radical (unpaired) electrons. The average molecular weight is 617 g/mol. The lowest BCUT2D eigenvalue weighted by atomic mass is 9.86. The standard InChI is InChI=1S/C36H34.C7H8.C2H6.C2H4/c1-5-15-31-25-32(34(7-3)35(8-4)33(31)6-2)26-36(29-18-13-10-14-19-29)30-22-20-28(21-23-30)24-27-16-11-9-12-17-27;1-7-5-3-2-4-6-7;2*1-2/h5-13,15-18,20-23,25-26H,2-4,14,19,24H2,1H3;2-6H,1H3;1-2H3;1-2H2/b15-5-,36-26+;;;. The van der Waals surface area contributed by atoms with E-state index in [1.807, 2.05) is 57.2 Å². The van der Waals surface area contributed by atoms with E-state index >= 15 is 0 Å². The molecular formula is C47H52. The van der Waals surface area contributed by atoms with Crippen LogP contribution < -0.4 is 0 Å². The van der Waals surface area contributed by atoms with Gasteiger partial charge in [0.05, 0.1) is 0 Å². The molecule has 0 saturated carbocycles. The van der Waals surface area contributed by atoms with E-state index in [0.29, 0.717) is 0 Å². The molecule has 0 bridgehead atoms. The van der Waals surface area contributed by atoms with E-state index in [0.717, 1.165) is 47.1 Å². The van der Waals surface area contributed by atoms with Crippen LogP contribution in [0.5, 0.6) is 0 Å². The van der Waals surface area contributed by atoms with Gasteiger partial charge in [-0.05, 0) is 101 Å². The van der Waals surface area contributed by atoms with Gasteiger partial charge in [-0.2, -0.15) is 0 Å². The Balaban J connectivity index is 0.000000602. The normalized spacial score (nSPS) is 11.8. The van der Waals surface area contributed by atoms with Crippen LogP contribution in [0.25, 0.3) is 36.0 Å². The molecule has 240 valence electrons. The zero-order chi connectivity index (χ0) is 34.4. The maximum absolute atomic E-state index is 4.14. The Bertz CT molecular complexity index is 1670. The number of benzene rings is 4. The Morgan fingerprint density at radius 2 is 1.26 bits per heavy atom. The first-order valence-corrected chi connectivity index (χ1v) is 16.5. The van der Waals surface area contributed by atoms with Crippen molar-refractivity contribution in [3.05, 3.63) is 204 Å². The molecule has 0 N–H and O–H groups in total. The number of aryl methyl sites for hydroxylation is 1. The summed E-state index contributed by atoms with van der Waals surface area (Å²) in [5, 5.41) is 0. The van der Waals surface area contributed by atoms with E-state index in [9.17, 15) is 0 Å². The second kappa shape index (κ2) is 21.5. The van der Waals surface area contributed by atoms with Gasteiger partial charge in [0.1, 0.15) is 0 Å². The highest BCUT2D eigenvalue weighted by molar-refractivity contribution is 5.95. The van der Waals surface area contributed by atoms with Crippen molar-refractivity contribution in [3.8, 4) is 0 Å². The van der Waals surface area contributed by atoms with Gasteiger partial charge in [0.25, 0.3) is 0 Å². The van der Waals surface area contributed by atoms with Crippen molar-refractivity contribution in [1.29, 1.82) is 0 Å². The van der Waals surface area contributed by atoms with Gasteiger partial charge >= 0.3 is 0 Å². The minimum absolute atomic E-state index is 0.935. The lowest BCUT2D eigenvalue weighted by Gasteiger charge is -2.18. The van der Waals surface area contributed by atoms with Crippen molar-refractivity contribution in [3.63, 3.8) is 0 Å². The highest BCUT2D eigenvalue weighted by atomic mass is 14.2. The molecule has 0 aliphatic heterocycles. The molecule has 0 nitrogen and oxygen atoms in total. The first-order chi connectivity index (χ1) is 23.1. The first-order valence-electron chi connectivity index (χ1n) is 16.5. The van der Waals surface area contributed by atoms with Crippen LogP contribution >= 0.6 is 0 Å². The molecular weight excluding hydrogens is 565 g/mol. The molecule has 0 amide bonds. The molecule has 47 heavy (non-hydrogen) atoms. The molecule has 0 heteroatoms. The van der Waals surface area contributed by atoms with Crippen LogP contribution in [0.2, 0.25) is 0 Å². The molecule has 4 aromatic rings. The summed E-state index contributed by atoms with van der Waals surface area (Å²) in [6.07, 6.45) is 22.0. The second-order valence-corrected chi connectivity index (χ2v) is 10.6. The number of rotatable bonds is 9. The SMILES string of the molecule is C=C.C=Cc1c(/C=C\C)cc(/C=C(\C2=CC=CCC2)c2ccc(Cc3ccccc3)cc2)c(C=C)c1C=C.CC.Cc1ccccc1. The fraction of sp³-hybridized carbons (Fsp3) is 0.149. The molecule has 0 atom stereocenters. The monoisotopic (exact) mass is 616 g/mol. The van der Waals surface area contributed by atoms with Gasteiger partial charge in [-0.15, -0.1) is 13.2 Å². The minimum atomic E-state index is 0.935. The Morgan fingerprint density at radius 3 is 1.74 bits per heavy atom. The molecule has 0 heterocycles. The second-order valence-electron chi connectivity index (χ2n) is 10.6. The third-order valence-corrected chi connectivity index (χ3v) is 7.59. The Kier molecular flexibility index (Phi) is 17.4. The summed E-state index contributed by atoms with van der Waals surface area (Å²) in [6, 6.07) is 32.2. The van der Waals surface area contributed by atoms with Crippen molar-refractivity contribution >= 4 is 36.0 Å². The zero-order valence-corrected chi connectivity index (χ0v) is 29.0. The predicted molar refractivity (Wildman–Crippen MR) is 215 cm³/mol. The summed E-state index contributed by atoms with van der Waals surface area (Å²) in [7, 11) is 0. The summed E-state index contributed by atoms with van der Waals surface area (Å²) < 4.78 is 0. The minimum Gasteiger partial charge on any atom is -0.106 e. The van der Waals surface area contributed by atoms with Crippen LogP contribution in [0, 0.1) is 6.92 Å². The summed E-state index contributed by atoms with van der Waals surface area (Å²) in [6.45, 7) is 26.4. The number of allylic oxidation sites excluding steroid dienone is 6. The van der Waals surface area contributed by atoms with Gasteiger partial charge in [0, 0.05) is 0 Å². The summed E-state index contributed by atoms with van der Waals surface area (Å²) in [4.78, 5) is 0. The molecule has 0 aromatic heterocycles.